The summed E-state index contributed by atoms with van der Waals surface area (Å²) in [5.74, 6) is -1.30. The van der Waals surface area contributed by atoms with Crippen LogP contribution in [0.3, 0.4) is 0 Å². The summed E-state index contributed by atoms with van der Waals surface area (Å²) in [5, 5.41) is 11.7. The Labute approximate surface area is 131 Å². The highest BCUT2D eigenvalue weighted by molar-refractivity contribution is 9.10. The number of nitrogens with one attached hydrogen (secondary N) is 1. The van der Waals surface area contributed by atoms with Crippen LogP contribution in [0.25, 0.3) is 0 Å². The largest absolute Gasteiger partial charge is 0.489 e. The Hall–Kier alpha value is -1.56. The van der Waals surface area contributed by atoms with Crippen LogP contribution in [0.5, 0.6) is 5.75 Å². The average Bonchev–Trinajstić information content (AvgIpc) is 2.34. The molecule has 3 unspecified atom stereocenters. The highest BCUT2D eigenvalue weighted by atomic mass is 79.9. The number of hydrogen-bond donors (Lipinski definition) is 2. The average molecular weight is 356 g/mol. The van der Waals surface area contributed by atoms with Crippen LogP contribution in [0.1, 0.15) is 19.8 Å². The van der Waals surface area contributed by atoms with Gasteiger partial charge in [0.25, 0.3) is 0 Å². The van der Waals surface area contributed by atoms with Crippen molar-refractivity contribution in [3.05, 3.63) is 28.7 Å². The summed E-state index contributed by atoms with van der Waals surface area (Å²) in [6.07, 6.45) is 1.04. The van der Waals surface area contributed by atoms with Gasteiger partial charge in [-0.15, -0.1) is 0 Å². The summed E-state index contributed by atoms with van der Waals surface area (Å²) in [7, 11) is 0. The maximum absolute atomic E-state index is 11.9. The minimum atomic E-state index is -0.889. The topological polar surface area (TPSA) is 75.6 Å². The predicted molar refractivity (Wildman–Crippen MR) is 81.1 cm³/mol. The molecule has 6 heteroatoms. The number of ether oxygens (including phenoxy) is 1. The lowest BCUT2D eigenvalue weighted by molar-refractivity contribution is -0.152. The molecule has 1 aromatic rings. The Morgan fingerprint density at radius 2 is 2.14 bits per heavy atom. The van der Waals surface area contributed by atoms with Gasteiger partial charge >= 0.3 is 5.97 Å². The van der Waals surface area contributed by atoms with E-state index in [0.717, 1.165) is 10.2 Å². The predicted octanol–water partition coefficient (Wildman–Crippen LogP) is 2.44. The van der Waals surface area contributed by atoms with Gasteiger partial charge in [-0.2, -0.15) is 0 Å². The smallest absolute Gasteiger partial charge is 0.307 e. The molecule has 0 aromatic heterocycles. The number of rotatable bonds is 6. The van der Waals surface area contributed by atoms with Crippen molar-refractivity contribution < 1.29 is 19.4 Å². The lowest BCUT2D eigenvalue weighted by Gasteiger charge is -2.32. The number of carboxylic acids is 1. The van der Waals surface area contributed by atoms with Crippen LogP contribution in [0.15, 0.2) is 28.7 Å². The highest BCUT2D eigenvalue weighted by Gasteiger charge is 2.41. The van der Waals surface area contributed by atoms with E-state index in [9.17, 15) is 9.59 Å². The highest BCUT2D eigenvalue weighted by Crippen LogP contribution is 2.34. The van der Waals surface area contributed by atoms with Crippen LogP contribution in [0, 0.1) is 11.8 Å². The van der Waals surface area contributed by atoms with E-state index in [1.807, 2.05) is 31.2 Å². The first-order valence-electron chi connectivity index (χ1n) is 6.90. The van der Waals surface area contributed by atoms with Gasteiger partial charge in [-0.1, -0.05) is 22.0 Å². The fourth-order valence-electron chi connectivity index (χ4n) is 2.30. The molecule has 0 heterocycles. The van der Waals surface area contributed by atoms with Gasteiger partial charge in [-0.25, -0.2) is 0 Å². The Morgan fingerprint density at radius 3 is 2.71 bits per heavy atom. The number of benzene rings is 1. The monoisotopic (exact) mass is 355 g/mol. The minimum absolute atomic E-state index is 0.188. The Morgan fingerprint density at radius 1 is 1.43 bits per heavy atom. The maximum atomic E-state index is 11.9. The number of amides is 1. The van der Waals surface area contributed by atoms with Gasteiger partial charge in [0.05, 0.1) is 18.4 Å². The van der Waals surface area contributed by atoms with E-state index in [-0.39, 0.29) is 12.0 Å². The van der Waals surface area contributed by atoms with Gasteiger partial charge in [-0.05, 0) is 38.0 Å². The third kappa shape index (κ3) is 4.20. The Balaban J connectivity index is 1.77. The van der Waals surface area contributed by atoms with E-state index < -0.39 is 17.8 Å². The van der Waals surface area contributed by atoms with Crippen LogP contribution in [-0.2, 0) is 9.59 Å². The van der Waals surface area contributed by atoms with Gasteiger partial charge in [0.15, 0.2) is 0 Å². The summed E-state index contributed by atoms with van der Waals surface area (Å²) in [4.78, 5) is 22.8. The number of carbonyl (C=O) groups is 2. The zero-order chi connectivity index (χ0) is 15.4. The summed E-state index contributed by atoms with van der Waals surface area (Å²) in [6.45, 7) is 2.21. The Kier molecular flexibility index (Phi) is 5.22. The first-order chi connectivity index (χ1) is 9.97. The molecule has 0 spiro atoms. The van der Waals surface area contributed by atoms with Gasteiger partial charge in [0.2, 0.25) is 5.91 Å². The van der Waals surface area contributed by atoms with Crippen molar-refractivity contribution in [3.63, 3.8) is 0 Å². The van der Waals surface area contributed by atoms with Crippen molar-refractivity contribution in [1.29, 1.82) is 0 Å². The molecule has 0 bridgehead atoms. The molecule has 0 radical (unpaired) electrons. The molecule has 21 heavy (non-hydrogen) atoms. The summed E-state index contributed by atoms with van der Waals surface area (Å²) in [6, 6.07) is 7.47. The first-order valence-corrected chi connectivity index (χ1v) is 7.69. The maximum Gasteiger partial charge on any atom is 0.307 e. The standard InChI is InChI=1S/C15H18BrNO4/c1-9(21-11-4-2-3-10(16)7-11)8-17-14(18)12-5-6-13(12)15(19)20/h2-4,7,9,12-13H,5-6,8H2,1H3,(H,17,18)(H,19,20). The van der Waals surface area contributed by atoms with E-state index in [1.165, 1.54) is 0 Å². The SMILES string of the molecule is CC(CNC(=O)C1CCC1C(=O)O)Oc1cccc(Br)c1. The zero-order valence-corrected chi connectivity index (χ0v) is 13.3. The van der Waals surface area contributed by atoms with Crippen LogP contribution in [-0.4, -0.2) is 29.6 Å². The molecular formula is C15H18BrNO4. The van der Waals surface area contributed by atoms with Crippen molar-refractivity contribution in [2.24, 2.45) is 11.8 Å². The molecule has 5 nitrogen and oxygen atoms in total. The van der Waals surface area contributed by atoms with E-state index in [0.29, 0.717) is 19.4 Å². The number of carboxylic acid groups (broad SMARTS) is 1. The minimum Gasteiger partial charge on any atom is -0.489 e. The molecule has 1 amide bonds. The van der Waals surface area contributed by atoms with Crippen LogP contribution in [0.4, 0.5) is 0 Å². The van der Waals surface area contributed by atoms with Gasteiger partial charge < -0.3 is 15.2 Å². The second-order valence-corrected chi connectivity index (χ2v) is 6.18. The van der Waals surface area contributed by atoms with E-state index in [4.69, 9.17) is 9.84 Å². The molecule has 0 aliphatic heterocycles. The molecule has 2 rings (SSSR count). The Bertz CT molecular complexity index is 534. The lowest BCUT2D eigenvalue weighted by Crippen LogP contribution is -2.46. The van der Waals surface area contributed by atoms with E-state index >= 15 is 0 Å². The van der Waals surface area contributed by atoms with Crippen molar-refractivity contribution in [3.8, 4) is 5.75 Å². The van der Waals surface area contributed by atoms with Crippen LogP contribution >= 0.6 is 15.9 Å². The van der Waals surface area contributed by atoms with Gasteiger partial charge in [0.1, 0.15) is 11.9 Å². The summed E-state index contributed by atoms with van der Waals surface area (Å²) >= 11 is 3.37. The molecule has 1 aliphatic rings. The second kappa shape index (κ2) is 6.93. The quantitative estimate of drug-likeness (QED) is 0.821. The van der Waals surface area contributed by atoms with Crippen molar-refractivity contribution >= 4 is 27.8 Å². The molecule has 114 valence electrons. The normalized spacial score (nSPS) is 22.0. The number of halogens is 1. The summed E-state index contributed by atoms with van der Waals surface area (Å²) in [5.41, 5.74) is 0. The number of aliphatic carboxylic acids is 1. The molecule has 0 saturated heterocycles. The molecule has 1 aliphatic carbocycles. The van der Waals surface area contributed by atoms with Gasteiger partial charge in [0, 0.05) is 4.47 Å². The van der Waals surface area contributed by atoms with E-state index in [2.05, 4.69) is 21.2 Å². The molecule has 1 saturated carbocycles. The fraction of sp³-hybridized carbons (Fsp3) is 0.467. The zero-order valence-electron chi connectivity index (χ0n) is 11.7. The first kappa shape index (κ1) is 15.8. The number of carbonyl (C=O) groups excluding carboxylic acids is 1. The van der Waals surface area contributed by atoms with Crippen molar-refractivity contribution in [2.45, 2.75) is 25.9 Å². The number of hydrogen-bond acceptors (Lipinski definition) is 3. The molecule has 2 N–H and O–H groups in total. The van der Waals surface area contributed by atoms with Crippen molar-refractivity contribution in [2.75, 3.05) is 6.54 Å². The molecule has 1 fully saturated rings. The molecule has 3 atom stereocenters. The van der Waals surface area contributed by atoms with Crippen LogP contribution in [0.2, 0.25) is 0 Å². The summed E-state index contributed by atoms with van der Waals surface area (Å²) < 4.78 is 6.62. The van der Waals surface area contributed by atoms with E-state index in [1.54, 1.807) is 0 Å². The van der Waals surface area contributed by atoms with Crippen molar-refractivity contribution in [1.82, 2.24) is 5.32 Å². The molecular weight excluding hydrogens is 338 g/mol. The van der Waals surface area contributed by atoms with Crippen LogP contribution < -0.4 is 10.1 Å². The third-order valence-corrected chi connectivity index (χ3v) is 4.12. The van der Waals surface area contributed by atoms with Gasteiger partial charge in [-0.3, -0.25) is 9.59 Å². The fourth-order valence-corrected chi connectivity index (χ4v) is 2.68. The third-order valence-electron chi connectivity index (χ3n) is 3.63. The second-order valence-electron chi connectivity index (χ2n) is 5.26. The molecule has 1 aromatic carbocycles. The lowest BCUT2D eigenvalue weighted by atomic mass is 9.73.